The van der Waals surface area contributed by atoms with Crippen LogP contribution in [0.1, 0.15) is 13.3 Å². The number of halogens is 1. The van der Waals surface area contributed by atoms with Crippen molar-refractivity contribution in [1.82, 2.24) is 15.1 Å². The highest BCUT2D eigenvalue weighted by atomic mass is 79.9. The SMILES string of the molecule is CCOc1ccc(NC(=O)[C@H]2[C@H]3C(=O)N(CCO)C(C(=O)NCCN4CCOCC4)C34CC(Br)[C@@H]2O4)cc1. The Hall–Kier alpha value is -2.25. The zero-order valence-electron chi connectivity index (χ0n) is 21.4. The van der Waals surface area contributed by atoms with Gasteiger partial charge in [-0.25, -0.2) is 0 Å². The number of alkyl halides is 1. The second-order valence-corrected chi connectivity index (χ2v) is 11.3. The van der Waals surface area contributed by atoms with Gasteiger partial charge in [0.05, 0.1) is 44.4 Å². The summed E-state index contributed by atoms with van der Waals surface area (Å²) in [5.74, 6) is -1.89. The lowest BCUT2D eigenvalue weighted by Crippen LogP contribution is -2.56. The second-order valence-electron chi connectivity index (χ2n) is 10.1. The fourth-order valence-electron chi connectivity index (χ4n) is 6.36. The van der Waals surface area contributed by atoms with Crippen molar-refractivity contribution >= 4 is 39.3 Å². The van der Waals surface area contributed by atoms with Gasteiger partial charge in [-0.1, -0.05) is 15.9 Å². The average Bonchev–Trinajstić information content (AvgIpc) is 3.50. The Kier molecular flexibility index (Phi) is 8.25. The van der Waals surface area contributed by atoms with Gasteiger partial charge in [0, 0.05) is 43.2 Å². The van der Waals surface area contributed by atoms with Gasteiger partial charge in [-0.05, 0) is 37.6 Å². The molecule has 0 saturated carbocycles. The van der Waals surface area contributed by atoms with E-state index >= 15 is 0 Å². The highest BCUT2D eigenvalue weighted by Crippen LogP contribution is 2.60. The summed E-state index contributed by atoms with van der Waals surface area (Å²) in [7, 11) is 0. The Morgan fingerprint density at radius 1 is 1.18 bits per heavy atom. The Labute approximate surface area is 230 Å². The monoisotopic (exact) mass is 594 g/mol. The molecule has 6 atom stereocenters. The van der Waals surface area contributed by atoms with E-state index in [1.165, 1.54) is 4.90 Å². The number of benzene rings is 1. The average molecular weight is 595 g/mol. The van der Waals surface area contributed by atoms with Crippen LogP contribution in [0.4, 0.5) is 5.69 Å². The van der Waals surface area contributed by atoms with Crippen molar-refractivity contribution in [2.24, 2.45) is 11.8 Å². The number of anilines is 1. The van der Waals surface area contributed by atoms with Gasteiger partial charge in [0.2, 0.25) is 17.7 Å². The largest absolute Gasteiger partial charge is 0.494 e. The summed E-state index contributed by atoms with van der Waals surface area (Å²) < 4.78 is 17.3. The molecule has 1 aromatic rings. The molecule has 3 N–H and O–H groups in total. The van der Waals surface area contributed by atoms with Crippen LogP contribution in [0.3, 0.4) is 0 Å². The topological polar surface area (TPSA) is 130 Å². The van der Waals surface area contributed by atoms with Crippen LogP contribution in [-0.2, 0) is 23.9 Å². The van der Waals surface area contributed by atoms with Crippen LogP contribution in [-0.4, -0.2) is 114 Å². The first kappa shape index (κ1) is 27.3. The molecule has 3 amide bonds. The van der Waals surface area contributed by atoms with E-state index < -0.39 is 29.6 Å². The maximum atomic E-state index is 13.7. The van der Waals surface area contributed by atoms with E-state index in [9.17, 15) is 19.5 Å². The van der Waals surface area contributed by atoms with Gasteiger partial charge in [-0.2, -0.15) is 0 Å². The molecule has 4 aliphatic rings. The first-order valence-electron chi connectivity index (χ1n) is 13.2. The molecule has 0 radical (unpaired) electrons. The summed E-state index contributed by atoms with van der Waals surface area (Å²) in [5.41, 5.74) is -0.564. The number of carbonyl (C=O) groups is 3. The summed E-state index contributed by atoms with van der Waals surface area (Å²) in [6.07, 6.45) is -0.128. The fraction of sp³-hybridized carbons (Fsp3) is 0.654. The number of rotatable bonds is 10. The summed E-state index contributed by atoms with van der Waals surface area (Å²) >= 11 is 3.66. The minimum Gasteiger partial charge on any atom is -0.494 e. The van der Waals surface area contributed by atoms with Crippen molar-refractivity contribution in [3.63, 3.8) is 0 Å². The zero-order valence-corrected chi connectivity index (χ0v) is 23.0. The van der Waals surface area contributed by atoms with Crippen LogP contribution >= 0.6 is 15.9 Å². The molecule has 4 aliphatic heterocycles. The lowest BCUT2D eigenvalue weighted by molar-refractivity contribution is -0.141. The zero-order chi connectivity index (χ0) is 26.9. The number of fused-ring (bicyclic) bond motifs is 1. The lowest BCUT2D eigenvalue weighted by Gasteiger charge is -2.34. The van der Waals surface area contributed by atoms with Crippen LogP contribution in [0.15, 0.2) is 24.3 Å². The highest BCUT2D eigenvalue weighted by molar-refractivity contribution is 9.09. The van der Waals surface area contributed by atoms with Gasteiger partial charge < -0.3 is 34.9 Å². The fourth-order valence-corrected chi connectivity index (χ4v) is 7.31. The normalized spacial score (nSPS) is 32.3. The van der Waals surface area contributed by atoms with Crippen LogP contribution in [0.2, 0.25) is 0 Å². The summed E-state index contributed by atoms with van der Waals surface area (Å²) in [6, 6.07) is 6.11. The van der Waals surface area contributed by atoms with Crippen LogP contribution in [0.5, 0.6) is 5.75 Å². The number of ether oxygens (including phenoxy) is 3. The molecule has 0 aromatic heterocycles. The van der Waals surface area contributed by atoms with E-state index in [0.717, 1.165) is 13.1 Å². The van der Waals surface area contributed by atoms with Crippen molar-refractivity contribution in [2.75, 3.05) is 64.5 Å². The molecule has 2 bridgehead atoms. The number of carbonyl (C=O) groups excluding carboxylic acids is 3. The third-order valence-corrected chi connectivity index (χ3v) is 8.79. The van der Waals surface area contributed by atoms with Gasteiger partial charge in [0.15, 0.2) is 0 Å². The number of β-amino-alcohol motifs (C(OH)–C–C–N with tert-alkyl or cyclic N) is 1. The van der Waals surface area contributed by atoms with E-state index in [2.05, 4.69) is 31.5 Å². The quantitative estimate of drug-likeness (QED) is 0.328. The minimum atomic E-state index is -1.14. The third kappa shape index (κ3) is 4.92. The van der Waals surface area contributed by atoms with Gasteiger partial charge in [-0.15, -0.1) is 0 Å². The molecule has 4 fully saturated rings. The molecule has 38 heavy (non-hydrogen) atoms. The number of aliphatic hydroxyl groups is 1. The molecule has 4 saturated heterocycles. The van der Waals surface area contributed by atoms with Crippen molar-refractivity contribution in [1.29, 1.82) is 0 Å². The number of hydrogen-bond donors (Lipinski definition) is 3. The van der Waals surface area contributed by atoms with Gasteiger partial charge in [0.25, 0.3) is 0 Å². The molecule has 3 unspecified atom stereocenters. The van der Waals surface area contributed by atoms with E-state index in [0.29, 0.717) is 50.8 Å². The molecule has 1 aromatic carbocycles. The molecule has 11 nitrogen and oxygen atoms in total. The van der Waals surface area contributed by atoms with Crippen molar-refractivity contribution in [3.8, 4) is 5.75 Å². The van der Waals surface area contributed by atoms with Crippen LogP contribution in [0.25, 0.3) is 0 Å². The van der Waals surface area contributed by atoms with Crippen molar-refractivity contribution in [2.45, 2.75) is 35.9 Å². The Balaban J connectivity index is 1.33. The standard InChI is InChI=1S/C26H35BrN4O7/c1-2-37-17-5-3-16(4-6-17)29-23(33)19-20-25(35)31(9-12-32)22(26(20)15-18(27)21(19)38-26)24(34)28-7-8-30-10-13-36-14-11-30/h3-6,18-22,32H,2,7-15H2,1H3,(H,28,34)(H,29,33)/t18?,19-,20-,21-,22?,26?/m0/s1. The molecule has 1 spiro atoms. The van der Waals surface area contributed by atoms with Gasteiger partial charge in [0.1, 0.15) is 17.4 Å². The number of morpholine rings is 1. The van der Waals surface area contributed by atoms with E-state index in [1.807, 2.05) is 6.92 Å². The van der Waals surface area contributed by atoms with Gasteiger partial charge >= 0.3 is 0 Å². The summed E-state index contributed by atoms with van der Waals surface area (Å²) in [5, 5.41) is 15.6. The number of hydrogen-bond acceptors (Lipinski definition) is 8. The lowest BCUT2D eigenvalue weighted by atomic mass is 9.70. The van der Waals surface area contributed by atoms with E-state index in [1.54, 1.807) is 24.3 Å². The van der Waals surface area contributed by atoms with Gasteiger partial charge in [-0.3, -0.25) is 19.3 Å². The molecule has 208 valence electrons. The molecule has 12 heteroatoms. The Morgan fingerprint density at radius 3 is 2.61 bits per heavy atom. The van der Waals surface area contributed by atoms with E-state index in [4.69, 9.17) is 14.2 Å². The molecular weight excluding hydrogens is 560 g/mol. The molecular formula is C26H35BrN4O7. The molecule has 4 heterocycles. The minimum absolute atomic E-state index is 0.00710. The Morgan fingerprint density at radius 2 is 1.92 bits per heavy atom. The van der Waals surface area contributed by atoms with Crippen molar-refractivity contribution in [3.05, 3.63) is 24.3 Å². The number of aliphatic hydroxyl groups excluding tert-OH is 1. The first-order chi connectivity index (χ1) is 18.4. The maximum absolute atomic E-state index is 13.7. The third-order valence-electron chi connectivity index (χ3n) is 7.94. The number of likely N-dealkylation sites (tertiary alicyclic amines) is 1. The predicted octanol–water partition coefficient (Wildman–Crippen LogP) is 0.213. The number of nitrogens with zero attached hydrogens (tertiary/aromatic N) is 2. The maximum Gasteiger partial charge on any atom is 0.245 e. The second kappa shape index (κ2) is 11.5. The van der Waals surface area contributed by atoms with E-state index in [-0.39, 0.29) is 35.7 Å². The Bertz CT molecular complexity index is 1040. The predicted molar refractivity (Wildman–Crippen MR) is 141 cm³/mol. The number of nitrogens with one attached hydrogen (secondary N) is 2. The van der Waals surface area contributed by atoms with Crippen LogP contribution < -0.4 is 15.4 Å². The summed E-state index contributed by atoms with van der Waals surface area (Å²) in [4.78, 5) is 44.2. The smallest absolute Gasteiger partial charge is 0.245 e. The van der Waals surface area contributed by atoms with Crippen LogP contribution in [0, 0.1) is 11.8 Å². The number of amides is 3. The highest BCUT2D eigenvalue weighted by Gasteiger charge is 2.76. The summed E-state index contributed by atoms with van der Waals surface area (Å²) in [6.45, 7) is 6.17. The molecule has 0 aliphatic carbocycles. The van der Waals surface area contributed by atoms with Crippen molar-refractivity contribution < 1.29 is 33.7 Å². The molecule has 5 rings (SSSR count). The first-order valence-corrected chi connectivity index (χ1v) is 14.2.